The third-order valence-electron chi connectivity index (χ3n) is 6.50. The SMILES string of the molecule is COc1cc(N(C)C)ccc1NC(=O)C1CC2(CN1)C(=O)Nc1ccc(CC(C)(C)C)cc12. The number of ether oxygens (including phenoxy) is 1. The first-order valence-electron chi connectivity index (χ1n) is 11.4. The molecular formula is C26H34N4O3. The van der Waals surface area contributed by atoms with Crippen LogP contribution >= 0.6 is 0 Å². The van der Waals surface area contributed by atoms with Gasteiger partial charge < -0.3 is 25.6 Å². The van der Waals surface area contributed by atoms with E-state index in [-0.39, 0.29) is 17.2 Å². The van der Waals surface area contributed by atoms with Crippen molar-refractivity contribution in [1.82, 2.24) is 5.32 Å². The van der Waals surface area contributed by atoms with Crippen LogP contribution in [-0.2, 0) is 21.4 Å². The van der Waals surface area contributed by atoms with Crippen molar-refractivity contribution < 1.29 is 14.3 Å². The molecule has 2 amide bonds. The molecule has 33 heavy (non-hydrogen) atoms. The lowest BCUT2D eigenvalue weighted by molar-refractivity contribution is -0.120. The Bertz CT molecular complexity index is 1090. The highest BCUT2D eigenvalue weighted by Crippen LogP contribution is 2.44. The Morgan fingerprint density at radius 2 is 1.97 bits per heavy atom. The second kappa shape index (κ2) is 8.37. The van der Waals surface area contributed by atoms with Gasteiger partial charge in [0.1, 0.15) is 5.75 Å². The third-order valence-corrected chi connectivity index (χ3v) is 6.50. The average Bonchev–Trinajstić information content (AvgIpc) is 3.30. The summed E-state index contributed by atoms with van der Waals surface area (Å²) in [5, 5.41) is 9.30. The lowest BCUT2D eigenvalue weighted by Crippen LogP contribution is -2.36. The van der Waals surface area contributed by atoms with Crippen LogP contribution in [0.25, 0.3) is 0 Å². The first kappa shape index (κ1) is 23.1. The topological polar surface area (TPSA) is 82.7 Å². The van der Waals surface area contributed by atoms with Crippen LogP contribution < -0.4 is 25.6 Å². The minimum atomic E-state index is -0.732. The van der Waals surface area contributed by atoms with Crippen LogP contribution in [0.5, 0.6) is 5.75 Å². The molecule has 7 nitrogen and oxygen atoms in total. The maximum Gasteiger partial charge on any atom is 0.241 e. The van der Waals surface area contributed by atoms with Crippen LogP contribution in [0.2, 0.25) is 0 Å². The molecule has 7 heteroatoms. The largest absolute Gasteiger partial charge is 0.494 e. The summed E-state index contributed by atoms with van der Waals surface area (Å²) in [6, 6.07) is 11.4. The van der Waals surface area contributed by atoms with Crippen LogP contribution in [0.3, 0.4) is 0 Å². The van der Waals surface area contributed by atoms with E-state index in [0.717, 1.165) is 23.4 Å². The number of anilines is 3. The number of hydrogen-bond acceptors (Lipinski definition) is 5. The normalized spacial score (nSPS) is 21.6. The predicted octanol–water partition coefficient (Wildman–Crippen LogP) is 3.54. The van der Waals surface area contributed by atoms with Crippen molar-refractivity contribution in [1.29, 1.82) is 0 Å². The molecule has 1 fully saturated rings. The number of carbonyl (C=O) groups is 2. The highest BCUT2D eigenvalue weighted by Gasteiger charge is 2.53. The van der Waals surface area contributed by atoms with Gasteiger partial charge in [-0.05, 0) is 47.6 Å². The summed E-state index contributed by atoms with van der Waals surface area (Å²) in [5.74, 6) is 0.383. The zero-order chi connectivity index (χ0) is 24.0. The number of nitrogens with zero attached hydrogens (tertiary/aromatic N) is 1. The molecule has 2 aliphatic heterocycles. The van der Waals surface area contributed by atoms with Gasteiger partial charge in [-0.25, -0.2) is 0 Å². The van der Waals surface area contributed by atoms with Gasteiger partial charge in [0.15, 0.2) is 0 Å². The molecule has 0 aliphatic carbocycles. The van der Waals surface area contributed by atoms with Crippen molar-refractivity contribution in [3.63, 3.8) is 0 Å². The van der Waals surface area contributed by atoms with Gasteiger partial charge in [-0.1, -0.05) is 32.9 Å². The molecule has 1 spiro atoms. The fourth-order valence-electron chi connectivity index (χ4n) is 4.82. The molecule has 0 saturated carbocycles. The summed E-state index contributed by atoms with van der Waals surface area (Å²) in [5.41, 5.74) is 4.05. The number of hydrogen-bond donors (Lipinski definition) is 3. The van der Waals surface area contributed by atoms with E-state index in [0.29, 0.717) is 24.4 Å². The van der Waals surface area contributed by atoms with Gasteiger partial charge in [0.25, 0.3) is 0 Å². The summed E-state index contributed by atoms with van der Waals surface area (Å²) < 4.78 is 5.48. The lowest BCUT2D eigenvalue weighted by atomic mass is 9.78. The lowest BCUT2D eigenvalue weighted by Gasteiger charge is -2.23. The Labute approximate surface area is 195 Å². The molecule has 176 valence electrons. The number of amides is 2. The number of carbonyl (C=O) groups excluding carboxylic acids is 2. The standard InChI is InChI=1S/C26H34N4O3/c1-25(2,3)13-16-7-9-19-18(11-16)26(24(32)29-19)14-21(27-15-26)23(31)28-20-10-8-17(30(4)5)12-22(20)33-6/h7-12,21,27H,13-15H2,1-6H3,(H,28,31)(H,29,32). The molecule has 1 saturated heterocycles. The van der Waals surface area contributed by atoms with Crippen LogP contribution in [0, 0.1) is 5.41 Å². The third kappa shape index (κ3) is 4.42. The maximum atomic E-state index is 13.1. The van der Waals surface area contributed by atoms with Crippen molar-refractivity contribution in [2.24, 2.45) is 5.41 Å². The molecule has 2 aromatic carbocycles. The summed E-state index contributed by atoms with van der Waals surface area (Å²) in [6.45, 7) is 7.04. The molecule has 2 heterocycles. The smallest absolute Gasteiger partial charge is 0.241 e. The van der Waals surface area contributed by atoms with Gasteiger partial charge in [-0.15, -0.1) is 0 Å². The minimum Gasteiger partial charge on any atom is -0.494 e. The number of fused-ring (bicyclic) bond motifs is 2. The molecule has 2 unspecified atom stereocenters. The van der Waals surface area contributed by atoms with Crippen molar-refractivity contribution >= 4 is 28.9 Å². The van der Waals surface area contributed by atoms with Gasteiger partial charge in [-0.2, -0.15) is 0 Å². The van der Waals surface area contributed by atoms with Crippen molar-refractivity contribution in [2.45, 2.75) is 45.1 Å². The van der Waals surface area contributed by atoms with Gasteiger partial charge in [0.05, 0.1) is 24.3 Å². The Hall–Kier alpha value is -3.06. The van der Waals surface area contributed by atoms with Crippen LogP contribution in [0.4, 0.5) is 17.1 Å². The molecule has 0 bridgehead atoms. The molecule has 4 rings (SSSR count). The average molecular weight is 451 g/mol. The highest BCUT2D eigenvalue weighted by molar-refractivity contribution is 6.08. The summed E-state index contributed by atoms with van der Waals surface area (Å²) >= 11 is 0. The van der Waals surface area contributed by atoms with Crippen molar-refractivity contribution in [3.8, 4) is 5.75 Å². The summed E-state index contributed by atoms with van der Waals surface area (Å²) in [7, 11) is 5.49. The van der Waals surface area contributed by atoms with E-state index in [1.54, 1.807) is 7.11 Å². The molecule has 0 aromatic heterocycles. The molecule has 2 atom stereocenters. The quantitative estimate of drug-likeness (QED) is 0.649. The number of nitrogens with one attached hydrogen (secondary N) is 3. The summed E-state index contributed by atoms with van der Waals surface area (Å²) in [4.78, 5) is 28.2. The van der Waals surface area contributed by atoms with Crippen LogP contribution in [0.1, 0.15) is 38.3 Å². The molecule has 3 N–H and O–H groups in total. The predicted molar refractivity (Wildman–Crippen MR) is 132 cm³/mol. The monoisotopic (exact) mass is 450 g/mol. The zero-order valence-corrected chi connectivity index (χ0v) is 20.3. The maximum absolute atomic E-state index is 13.1. The second-order valence-electron chi connectivity index (χ2n) is 10.6. The van der Waals surface area contributed by atoms with E-state index < -0.39 is 11.5 Å². The Morgan fingerprint density at radius 3 is 2.64 bits per heavy atom. The molecule has 2 aliphatic rings. The van der Waals surface area contributed by atoms with Crippen molar-refractivity contribution in [2.75, 3.05) is 43.3 Å². The molecular weight excluding hydrogens is 416 g/mol. The fourth-order valence-corrected chi connectivity index (χ4v) is 4.82. The van der Waals surface area contributed by atoms with Crippen molar-refractivity contribution in [3.05, 3.63) is 47.5 Å². The van der Waals surface area contributed by atoms with Gasteiger partial charge >= 0.3 is 0 Å². The Kier molecular flexibility index (Phi) is 5.86. The van der Waals surface area contributed by atoms with E-state index in [1.807, 2.05) is 43.3 Å². The summed E-state index contributed by atoms with van der Waals surface area (Å²) in [6.07, 6.45) is 1.33. The van der Waals surface area contributed by atoms with Gasteiger partial charge in [0.2, 0.25) is 11.8 Å². The number of rotatable bonds is 5. The van der Waals surface area contributed by atoms with Crippen LogP contribution in [0.15, 0.2) is 36.4 Å². The van der Waals surface area contributed by atoms with E-state index in [1.165, 1.54) is 5.56 Å². The Morgan fingerprint density at radius 1 is 1.21 bits per heavy atom. The number of methoxy groups -OCH3 is 1. The van der Waals surface area contributed by atoms with Crippen LogP contribution in [-0.4, -0.2) is 45.6 Å². The Balaban J connectivity index is 1.54. The van der Waals surface area contributed by atoms with E-state index in [4.69, 9.17) is 4.74 Å². The number of benzene rings is 2. The van der Waals surface area contributed by atoms with Gasteiger partial charge in [0, 0.05) is 38.1 Å². The minimum absolute atomic E-state index is 0.0406. The van der Waals surface area contributed by atoms with E-state index >= 15 is 0 Å². The highest BCUT2D eigenvalue weighted by atomic mass is 16.5. The van der Waals surface area contributed by atoms with E-state index in [9.17, 15) is 9.59 Å². The molecule has 0 radical (unpaired) electrons. The first-order chi connectivity index (χ1) is 15.5. The second-order valence-corrected chi connectivity index (χ2v) is 10.6. The molecule has 2 aromatic rings. The zero-order valence-electron chi connectivity index (χ0n) is 20.3. The first-order valence-corrected chi connectivity index (χ1v) is 11.4. The van der Waals surface area contributed by atoms with Gasteiger partial charge in [-0.3, -0.25) is 9.59 Å². The van der Waals surface area contributed by atoms with E-state index in [2.05, 4.69) is 48.9 Å². The fraction of sp³-hybridized carbons (Fsp3) is 0.462.